The van der Waals surface area contributed by atoms with Gasteiger partial charge in [-0.25, -0.2) is 44.9 Å². The van der Waals surface area contributed by atoms with Gasteiger partial charge in [-0.2, -0.15) is 0 Å². The van der Waals surface area contributed by atoms with Crippen LogP contribution in [-0.4, -0.2) is 44.9 Å². The van der Waals surface area contributed by atoms with Crippen molar-refractivity contribution < 1.29 is 0 Å². The number of rotatable bonds is 5. The third kappa shape index (κ3) is 4.87. The van der Waals surface area contributed by atoms with Crippen molar-refractivity contribution in [2.45, 2.75) is 19.3 Å². The summed E-state index contributed by atoms with van der Waals surface area (Å²) >= 11 is 0. The lowest BCUT2D eigenvalue weighted by atomic mass is 9.96. The monoisotopic (exact) mass is 483 g/mol. The quantitative estimate of drug-likeness (QED) is 0.401. The Hall–Kier alpha value is -5.05. The summed E-state index contributed by atoms with van der Waals surface area (Å²) in [6.45, 7) is 0. The van der Waals surface area contributed by atoms with Gasteiger partial charge in [0, 0.05) is 27.9 Å². The molecule has 0 N–H and O–H groups in total. The molecule has 0 radical (unpaired) electrons. The number of nitrogens with zero attached hydrogens (tertiary/aromatic N) is 9. The zero-order valence-electron chi connectivity index (χ0n) is 19.8. The van der Waals surface area contributed by atoms with Gasteiger partial charge in [-0.15, -0.1) is 0 Å². The molecule has 3 aromatic heterocycles. The summed E-state index contributed by atoms with van der Waals surface area (Å²) in [4.78, 5) is 39.9. The van der Waals surface area contributed by atoms with Gasteiger partial charge in [-0.05, 0) is 19.3 Å². The Balaban J connectivity index is 1.46. The highest BCUT2D eigenvalue weighted by Crippen LogP contribution is 2.33. The Kier molecular flexibility index (Phi) is 6.23. The molecule has 178 valence electrons. The third-order valence-corrected chi connectivity index (χ3v) is 6.00. The van der Waals surface area contributed by atoms with Crippen LogP contribution in [0, 0.1) is 0 Å². The van der Waals surface area contributed by atoms with Gasteiger partial charge in [0.2, 0.25) is 0 Å². The molecule has 0 saturated heterocycles. The minimum absolute atomic E-state index is 0.583. The fourth-order valence-corrected chi connectivity index (χ4v) is 4.20. The van der Waals surface area contributed by atoms with E-state index in [4.69, 9.17) is 15.0 Å². The van der Waals surface area contributed by atoms with E-state index in [-0.39, 0.29) is 0 Å². The van der Waals surface area contributed by atoms with Gasteiger partial charge in [-0.3, -0.25) is 0 Å². The van der Waals surface area contributed by atoms with Gasteiger partial charge in [-0.1, -0.05) is 66.8 Å². The molecule has 0 fully saturated rings. The van der Waals surface area contributed by atoms with E-state index in [1.165, 1.54) is 25.3 Å². The van der Waals surface area contributed by atoms with E-state index < -0.39 is 0 Å². The zero-order chi connectivity index (χ0) is 24.9. The lowest BCUT2D eigenvalue weighted by Gasteiger charge is -2.15. The summed E-state index contributed by atoms with van der Waals surface area (Å²) in [7, 11) is 0. The topological polar surface area (TPSA) is 116 Å². The first kappa shape index (κ1) is 22.4. The van der Waals surface area contributed by atoms with Crippen LogP contribution < -0.4 is 0 Å². The van der Waals surface area contributed by atoms with E-state index in [0.29, 0.717) is 35.5 Å². The molecule has 4 aromatic rings. The molecule has 2 aliphatic rings. The second-order valence-electron chi connectivity index (χ2n) is 8.34. The Morgan fingerprint density at radius 3 is 2.14 bits per heavy atom. The van der Waals surface area contributed by atoms with E-state index >= 15 is 0 Å². The third-order valence-electron chi connectivity index (χ3n) is 6.00. The lowest BCUT2D eigenvalue weighted by molar-refractivity contribution is 0.956. The van der Waals surface area contributed by atoms with Crippen LogP contribution in [0.2, 0.25) is 0 Å². The van der Waals surface area contributed by atoms with Gasteiger partial charge in [0.25, 0.3) is 0 Å². The van der Waals surface area contributed by atoms with E-state index in [0.717, 1.165) is 40.7 Å². The van der Waals surface area contributed by atoms with Crippen molar-refractivity contribution >= 4 is 22.3 Å². The summed E-state index contributed by atoms with van der Waals surface area (Å²) in [5.41, 5.74) is 4.67. The molecular weight excluding hydrogens is 462 g/mol. The highest BCUT2D eigenvalue weighted by molar-refractivity contribution is 5.93. The predicted molar refractivity (Wildman–Crippen MR) is 140 cm³/mol. The van der Waals surface area contributed by atoms with Gasteiger partial charge >= 0.3 is 0 Å². The van der Waals surface area contributed by atoms with Crippen molar-refractivity contribution in [2.75, 3.05) is 0 Å². The predicted octanol–water partition coefficient (Wildman–Crippen LogP) is 4.60. The molecule has 0 aliphatic heterocycles. The molecule has 0 saturated carbocycles. The lowest BCUT2D eigenvalue weighted by Crippen LogP contribution is -2.07. The maximum Gasteiger partial charge on any atom is 0.164 e. The molecule has 0 atom stereocenters. The van der Waals surface area contributed by atoms with Gasteiger partial charge in [0.1, 0.15) is 25.3 Å². The van der Waals surface area contributed by atoms with Crippen LogP contribution in [0.25, 0.3) is 33.7 Å². The number of aromatic nitrogens is 9. The Bertz CT molecular complexity index is 1570. The Morgan fingerprint density at radius 2 is 1.35 bits per heavy atom. The van der Waals surface area contributed by atoms with Crippen LogP contribution in [0.4, 0.5) is 0 Å². The molecule has 0 unspecified atom stereocenters. The Morgan fingerprint density at radius 1 is 0.649 bits per heavy atom. The molecule has 0 amide bonds. The first-order valence-electron chi connectivity index (χ1n) is 11.9. The van der Waals surface area contributed by atoms with Crippen LogP contribution in [0.1, 0.15) is 42.6 Å². The van der Waals surface area contributed by atoms with E-state index in [1.807, 2.05) is 54.6 Å². The molecular formula is C28H21N9. The van der Waals surface area contributed by atoms with E-state index in [1.54, 1.807) is 0 Å². The molecule has 3 heterocycles. The van der Waals surface area contributed by atoms with Crippen LogP contribution in [0.15, 0.2) is 92.1 Å². The van der Waals surface area contributed by atoms with E-state index in [2.05, 4.69) is 42.1 Å². The minimum Gasteiger partial charge on any atom is -0.225 e. The standard InChI is InChI=1S/C28H21N9/c1-2-7-19(8-3-1)25-35-26(21-10-6-9-20(13-14-21)24-31-15-29-16-32-24)37-28(36-25)23-12-5-4-11-22(23)27-33-17-30-18-34-27/h1-3,5-10,12,14-18H,4,11,13H2. The molecule has 0 spiro atoms. The highest BCUT2D eigenvalue weighted by Gasteiger charge is 2.20. The van der Waals surface area contributed by atoms with Crippen molar-refractivity contribution in [3.63, 3.8) is 0 Å². The molecule has 9 heteroatoms. The molecule has 2 aliphatic carbocycles. The molecule has 37 heavy (non-hydrogen) atoms. The maximum atomic E-state index is 4.93. The van der Waals surface area contributed by atoms with Crippen molar-refractivity contribution in [1.82, 2.24) is 44.9 Å². The van der Waals surface area contributed by atoms with Crippen molar-refractivity contribution in [3.05, 3.63) is 115 Å². The van der Waals surface area contributed by atoms with Gasteiger partial charge in [0.15, 0.2) is 29.1 Å². The normalized spacial score (nSPS) is 15.2. The largest absolute Gasteiger partial charge is 0.225 e. The maximum absolute atomic E-state index is 4.93. The summed E-state index contributed by atoms with van der Waals surface area (Å²) < 4.78 is 0. The molecule has 6 rings (SSSR count). The number of allylic oxidation sites excluding steroid dienone is 10. The average Bonchev–Trinajstić information content (AvgIpc) is 3.25. The highest BCUT2D eigenvalue weighted by atomic mass is 15.0. The second kappa shape index (κ2) is 10.3. The van der Waals surface area contributed by atoms with Crippen LogP contribution in [0.3, 0.4) is 0 Å². The molecule has 0 bridgehead atoms. The number of hydrogen-bond acceptors (Lipinski definition) is 9. The summed E-state index contributed by atoms with van der Waals surface area (Å²) in [5.74, 6) is 3.06. The van der Waals surface area contributed by atoms with Crippen molar-refractivity contribution in [2.24, 2.45) is 0 Å². The first-order valence-corrected chi connectivity index (χ1v) is 11.9. The smallest absolute Gasteiger partial charge is 0.164 e. The average molecular weight is 484 g/mol. The fourth-order valence-electron chi connectivity index (χ4n) is 4.20. The second-order valence-corrected chi connectivity index (χ2v) is 8.34. The summed E-state index contributed by atoms with van der Waals surface area (Å²) in [6, 6.07) is 9.93. The van der Waals surface area contributed by atoms with Crippen LogP contribution in [-0.2, 0) is 0 Å². The molecule has 1 aromatic carbocycles. The molecule has 9 nitrogen and oxygen atoms in total. The summed E-state index contributed by atoms with van der Waals surface area (Å²) in [6.07, 6.45) is 20.6. The van der Waals surface area contributed by atoms with Crippen molar-refractivity contribution in [3.8, 4) is 11.4 Å². The zero-order valence-corrected chi connectivity index (χ0v) is 19.8. The SMILES string of the molecule is C1=CC(c2nc(C3=C(c4ncncn4)CCC=C3)nc(-c3ccccc3)n2)=CCC(c2ncncn2)=C1. The summed E-state index contributed by atoms with van der Waals surface area (Å²) in [5, 5.41) is 0. The van der Waals surface area contributed by atoms with Gasteiger partial charge in [0.05, 0.1) is 0 Å². The van der Waals surface area contributed by atoms with Gasteiger partial charge < -0.3 is 0 Å². The minimum atomic E-state index is 0.583. The van der Waals surface area contributed by atoms with E-state index in [9.17, 15) is 0 Å². The number of hydrogen-bond donors (Lipinski definition) is 0. The van der Waals surface area contributed by atoms with Crippen LogP contribution >= 0.6 is 0 Å². The first-order chi connectivity index (χ1) is 18.3. The fraction of sp³-hybridized carbons (Fsp3) is 0.107. The Labute approximate surface area is 213 Å². The van der Waals surface area contributed by atoms with Crippen molar-refractivity contribution in [1.29, 1.82) is 0 Å². The van der Waals surface area contributed by atoms with Crippen LogP contribution in [0.5, 0.6) is 0 Å². The number of benzene rings is 1.